The van der Waals surface area contributed by atoms with Crippen molar-refractivity contribution in [2.24, 2.45) is 23.2 Å². The topological polar surface area (TPSA) is 72.8 Å². The number of benzene rings is 1. The Balaban J connectivity index is 1.47. The SMILES string of the molecule is Cc1ccc(O)c2c1C1C(O)CC3(C)C(C(=O)N4CCNCC4)CCC3C1CC2. The van der Waals surface area contributed by atoms with Crippen LogP contribution in [-0.2, 0) is 11.2 Å². The van der Waals surface area contributed by atoms with Gasteiger partial charge in [-0.2, -0.15) is 0 Å². The molecule has 6 unspecified atom stereocenters. The molecular weight excluding hydrogens is 364 g/mol. The molecule has 1 aromatic carbocycles. The molecule has 2 saturated carbocycles. The average Bonchev–Trinajstić information content (AvgIpc) is 3.07. The van der Waals surface area contributed by atoms with Gasteiger partial charge in [0.25, 0.3) is 0 Å². The molecule has 4 aliphatic rings. The molecule has 6 atom stereocenters. The number of aromatic hydroxyl groups is 1. The van der Waals surface area contributed by atoms with E-state index in [4.69, 9.17) is 0 Å². The minimum Gasteiger partial charge on any atom is -0.508 e. The molecule has 1 aromatic rings. The third-order valence-electron chi connectivity index (χ3n) is 8.79. The van der Waals surface area contributed by atoms with Crippen molar-refractivity contribution in [3.63, 3.8) is 0 Å². The second-order valence-electron chi connectivity index (χ2n) is 10.1. The first kappa shape index (κ1) is 19.4. The molecule has 1 aliphatic heterocycles. The van der Waals surface area contributed by atoms with Crippen molar-refractivity contribution in [3.8, 4) is 5.75 Å². The summed E-state index contributed by atoms with van der Waals surface area (Å²) in [5.41, 5.74) is 3.29. The maximum atomic E-state index is 13.4. The first-order valence-electron chi connectivity index (χ1n) is 11.4. The zero-order valence-corrected chi connectivity index (χ0v) is 17.7. The van der Waals surface area contributed by atoms with E-state index in [-0.39, 0.29) is 17.3 Å². The Kier molecular flexibility index (Phi) is 4.67. The molecule has 1 amide bonds. The summed E-state index contributed by atoms with van der Waals surface area (Å²) in [5.74, 6) is 1.69. The van der Waals surface area contributed by atoms with Gasteiger partial charge in [-0.3, -0.25) is 4.79 Å². The lowest BCUT2D eigenvalue weighted by atomic mass is 9.52. The summed E-state index contributed by atoms with van der Waals surface area (Å²) >= 11 is 0. The molecule has 3 aliphatic carbocycles. The summed E-state index contributed by atoms with van der Waals surface area (Å²) in [5, 5.41) is 25.1. The van der Waals surface area contributed by atoms with E-state index in [0.717, 1.165) is 57.4 Å². The van der Waals surface area contributed by atoms with Crippen LogP contribution in [0.3, 0.4) is 0 Å². The highest BCUT2D eigenvalue weighted by Gasteiger charge is 2.60. The van der Waals surface area contributed by atoms with E-state index < -0.39 is 6.10 Å². The molecule has 0 spiro atoms. The lowest BCUT2D eigenvalue weighted by molar-refractivity contribution is -0.144. The molecule has 1 saturated heterocycles. The summed E-state index contributed by atoms with van der Waals surface area (Å²) in [7, 11) is 0. The molecule has 158 valence electrons. The molecule has 3 N–H and O–H groups in total. The number of piperazine rings is 1. The Morgan fingerprint density at radius 2 is 1.97 bits per heavy atom. The Labute approximate surface area is 173 Å². The number of aliphatic hydroxyl groups excluding tert-OH is 1. The number of aliphatic hydroxyl groups is 1. The number of carbonyl (C=O) groups is 1. The highest BCUT2D eigenvalue weighted by molar-refractivity contribution is 5.80. The zero-order chi connectivity index (χ0) is 20.3. The number of rotatable bonds is 1. The van der Waals surface area contributed by atoms with E-state index in [1.165, 1.54) is 11.1 Å². The van der Waals surface area contributed by atoms with E-state index in [9.17, 15) is 15.0 Å². The minimum atomic E-state index is -0.447. The van der Waals surface area contributed by atoms with Crippen molar-refractivity contribution in [1.82, 2.24) is 10.2 Å². The van der Waals surface area contributed by atoms with Crippen LogP contribution >= 0.6 is 0 Å². The van der Waals surface area contributed by atoms with Crippen LogP contribution in [0.4, 0.5) is 0 Å². The highest BCUT2D eigenvalue weighted by Crippen LogP contribution is 2.63. The summed E-state index contributed by atoms with van der Waals surface area (Å²) in [4.78, 5) is 15.5. The standard InChI is InChI=1S/C24H34N2O3/c1-14-3-8-19(27)16-5-4-15-17-6-7-18(23(29)26-11-9-25-10-12-26)24(17,2)13-20(28)22(15)21(14)16/h3,8,15,17-18,20,22,25,27-28H,4-7,9-13H2,1-2H3. The fraction of sp³-hybridized carbons (Fsp3) is 0.708. The van der Waals surface area contributed by atoms with Crippen LogP contribution in [0.15, 0.2) is 12.1 Å². The van der Waals surface area contributed by atoms with Gasteiger partial charge in [-0.05, 0) is 79.0 Å². The molecular formula is C24H34N2O3. The van der Waals surface area contributed by atoms with Crippen molar-refractivity contribution < 1.29 is 15.0 Å². The zero-order valence-electron chi connectivity index (χ0n) is 17.7. The van der Waals surface area contributed by atoms with Crippen molar-refractivity contribution in [2.45, 2.75) is 58.0 Å². The van der Waals surface area contributed by atoms with Crippen LogP contribution in [0.5, 0.6) is 5.75 Å². The molecule has 29 heavy (non-hydrogen) atoms. The highest BCUT2D eigenvalue weighted by atomic mass is 16.3. The van der Waals surface area contributed by atoms with Gasteiger partial charge in [0, 0.05) is 38.0 Å². The number of phenolic OH excluding ortho intramolecular Hbond substituents is 1. The quantitative estimate of drug-likeness (QED) is 0.680. The van der Waals surface area contributed by atoms with Gasteiger partial charge in [0.15, 0.2) is 0 Å². The summed E-state index contributed by atoms with van der Waals surface area (Å²) in [6.07, 6.45) is 4.15. The largest absolute Gasteiger partial charge is 0.508 e. The lowest BCUT2D eigenvalue weighted by Gasteiger charge is -2.53. The molecule has 5 heteroatoms. The minimum absolute atomic E-state index is 0.0351. The van der Waals surface area contributed by atoms with Gasteiger partial charge in [0.2, 0.25) is 5.91 Å². The second kappa shape index (κ2) is 6.98. The maximum Gasteiger partial charge on any atom is 0.226 e. The second-order valence-corrected chi connectivity index (χ2v) is 10.1. The Morgan fingerprint density at radius 1 is 1.21 bits per heavy atom. The molecule has 1 heterocycles. The number of hydrogen-bond acceptors (Lipinski definition) is 4. The molecule has 5 nitrogen and oxygen atoms in total. The van der Waals surface area contributed by atoms with Crippen molar-refractivity contribution in [2.75, 3.05) is 26.2 Å². The van der Waals surface area contributed by atoms with Crippen LogP contribution in [0.1, 0.15) is 55.2 Å². The van der Waals surface area contributed by atoms with Crippen molar-refractivity contribution in [3.05, 3.63) is 28.8 Å². The third kappa shape index (κ3) is 2.84. The van der Waals surface area contributed by atoms with Crippen LogP contribution in [0, 0.1) is 30.1 Å². The smallest absolute Gasteiger partial charge is 0.226 e. The van der Waals surface area contributed by atoms with Gasteiger partial charge >= 0.3 is 0 Å². The number of hydrogen-bond donors (Lipinski definition) is 3. The molecule has 5 rings (SSSR count). The number of phenols is 1. The number of aryl methyl sites for hydroxylation is 1. The third-order valence-corrected chi connectivity index (χ3v) is 8.79. The summed E-state index contributed by atoms with van der Waals surface area (Å²) in [6.45, 7) is 7.75. The Hall–Kier alpha value is -1.59. The van der Waals surface area contributed by atoms with Gasteiger partial charge in [0.1, 0.15) is 5.75 Å². The van der Waals surface area contributed by atoms with Gasteiger partial charge in [-0.25, -0.2) is 0 Å². The number of nitrogens with one attached hydrogen (secondary N) is 1. The Bertz CT molecular complexity index is 819. The van der Waals surface area contributed by atoms with Crippen LogP contribution in [0.2, 0.25) is 0 Å². The Morgan fingerprint density at radius 3 is 2.72 bits per heavy atom. The predicted molar refractivity (Wildman–Crippen MR) is 112 cm³/mol. The summed E-state index contributed by atoms with van der Waals surface area (Å²) in [6, 6.07) is 3.79. The summed E-state index contributed by atoms with van der Waals surface area (Å²) < 4.78 is 0. The van der Waals surface area contributed by atoms with Gasteiger partial charge in [-0.15, -0.1) is 0 Å². The molecule has 0 aromatic heterocycles. The maximum absolute atomic E-state index is 13.4. The number of fused-ring (bicyclic) bond motifs is 5. The molecule has 0 bridgehead atoms. The van der Waals surface area contributed by atoms with Crippen LogP contribution < -0.4 is 5.32 Å². The van der Waals surface area contributed by atoms with E-state index in [2.05, 4.69) is 19.2 Å². The van der Waals surface area contributed by atoms with Crippen LogP contribution in [-0.4, -0.2) is 53.3 Å². The number of nitrogens with zero attached hydrogens (tertiary/aromatic N) is 1. The van der Waals surface area contributed by atoms with Gasteiger partial charge < -0.3 is 20.4 Å². The van der Waals surface area contributed by atoms with E-state index >= 15 is 0 Å². The van der Waals surface area contributed by atoms with Gasteiger partial charge in [-0.1, -0.05) is 13.0 Å². The van der Waals surface area contributed by atoms with Crippen molar-refractivity contribution in [1.29, 1.82) is 0 Å². The van der Waals surface area contributed by atoms with Crippen LogP contribution in [0.25, 0.3) is 0 Å². The van der Waals surface area contributed by atoms with Crippen molar-refractivity contribution >= 4 is 5.91 Å². The number of carbonyl (C=O) groups excluding carboxylic acids is 1. The van der Waals surface area contributed by atoms with Gasteiger partial charge in [0.05, 0.1) is 6.10 Å². The predicted octanol–water partition coefficient (Wildman–Crippen LogP) is 2.58. The fourth-order valence-electron chi connectivity index (χ4n) is 7.48. The fourth-order valence-corrected chi connectivity index (χ4v) is 7.48. The first-order chi connectivity index (χ1) is 13.9. The lowest BCUT2D eigenvalue weighted by Crippen LogP contribution is -2.54. The van der Waals surface area contributed by atoms with E-state index in [1.54, 1.807) is 6.07 Å². The molecule has 3 fully saturated rings. The number of amides is 1. The molecule has 0 radical (unpaired) electrons. The van der Waals surface area contributed by atoms with E-state index in [1.807, 2.05) is 11.0 Å². The average molecular weight is 399 g/mol. The van der Waals surface area contributed by atoms with E-state index in [0.29, 0.717) is 29.9 Å². The normalized spacial score (nSPS) is 38.9. The first-order valence-corrected chi connectivity index (χ1v) is 11.4. The monoisotopic (exact) mass is 398 g/mol.